The maximum Gasteiger partial charge on any atom is 0.167 e. The predicted molar refractivity (Wildman–Crippen MR) is 128 cm³/mol. The van der Waals surface area contributed by atoms with Crippen LogP contribution in [0.5, 0.6) is 11.5 Å². The number of benzene rings is 4. The Labute approximate surface area is 196 Å². The Bertz CT molecular complexity index is 1300. The van der Waals surface area contributed by atoms with Gasteiger partial charge in [0.25, 0.3) is 0 Å². The Morgan fingerprint density at radius 1 is 0.735 bits per heavy atom. The van der Waals surface area contributed by atoms with Crippen molar-refractivity contribution in [2.75, 3.05) is 6.61 Å². The van der Waals surface area contributed by atoms with E-state index in [1.807, 2.05) is 19.1 Å². The van der Waals surface area contributed by atoms with Gasteiger partial charge in [0, 0.05) is 11.1 Å². The maximum atomic E-state index is 14.7. The molecule has 0 heterocycles. The van der Waals surface area contributed by atoms with E-state index in [0.29, 0.717) is 16.9 Å². The number of rotatable bonds is 8. The van der Waals surface area contributed by atoms with Gasteiger partial charge in [-0.3, -0.25) is 0 Å². The van der Waals surface area contributed by atoms with Gasteiger partial charge in [-0.25, -0.2) is 13.2 Å². The normalized spacial score (nSPS) is 10.7. The fourth-order valence-corrected chi connectivity index (χ4v) is 3.51. The minimum Gasteiger partial charge on any atom is -0.489 e. The van der Waals surface area contributed by atoms with E-state index < -0.39 is 17.5 Å². The summed E-state index contributed by atoms with van der Waals surface area (Å²) in [5.41, 5.74) is 3.44. The SMILES string of the molecule is C=CCOc1ccc(-c2ccc(OCc3ccc(-c4ccc(C)cc4)c(F)c3F)cc2)cc1F. The van der Waals surface area contributed by atoms with Crippen molar-refractivity contribution in [3.63, 3.8) is 0 Å². The molecule has 0 N–H and O–H groups in total. The van der Waals surface area contributed by atoms with Crippen LogP contribution in [0.25, 0.3) is 22.3 Å². The molecule has 172 valence electrons. The number of hydrogen-bond acceptors (Lipinski definition) is 2. The minimum absolute atomic E-state index is 0.120. The third-order valence-electron chi connectivity index (χ3n) is 5.40. The van der Waals surface area contributed by atoms with Crippen LogP contribution in [-0.2, 0) is 6.61 Å². The van der Waals surface area contributed by atoms with E-state index in [4.69, 9.17) is 9.47 Å². The highest BCUT2D eigenvalue weighted by Crippen LogP contribution is 2.29. The van der Waals surface area contributed by atoms with Crippen LogP contribution < -0.4 is 9.47 Å². The Hall–Kier alpha value is -3.99. The van der Waals surface area contributed by atoms with Crippen LogP contribution in [0.4, 0.5) is 13.2 Å². The Morgan fingerprint density at radius 2 is 1.41 bits per heavy atom. The van der Waals surface area contributed by atoms with Gasteiger partial charge in [-0.2, -0.15) is 0 Å². The van der Waals surface area contributed by atoms with E-state index in [-0.39, 0.29) is 30.1 Å². The molecule has 2 nitrogen and oxygen atoms in total. The monoisotopic (exact) mass is 460 g/mol. The number of hydrogen-bond donors (Lipinski definition) is 0. The lowest BCUT2D eigenvalue weighted by Gasteiger charge is -2.11. The van der Waals surface area contributed by atoms with E-state index in [2.05, 4.69) is 6.58 Å². The summed E-state index contributed by atoms with van der Waals surface area (Å²) in [5.74, 6) is -1.65. The first-order valence-electron chi connectivity index (χ1n) is 10.8. The fraction of sp³-hybridized carbons (Fsp3) is 0.103. The second-order valence-electron chi connectivity index (χ2n) is 7.82. The first kappa shape index (κ1) is 23.2. The highest BCUT2D eigenvalue weighted by Gasteiger charge is 2.15. The molecule has 4 aromatic rings. The van der Waals surface area contributed by atoms with Crippen LogP contribution in [0.3, 0.4) is 0 Å². The van der Waals surface area contributed by atoms with Crippen molar-refractivity contribution >= 4 is 0 Å². The smallest absolute Gasteiger partial charge is 0.167 e. The van der Waals surface area contributed by atoms with Crippen molar-refractivity contribution in [1.29, 1.82) is 0 Å². The zero-order chi connectivity index (χ0) is 24.1. The van der Waals surface area contributed by atoms with E-state index in [0.717, 1.165) is 11.1 Å². The summed E-state index contributed by atoms with van der Waals surface area (Å²) in [6.45, 7) is 5.57. The largest absolute Gasteiger partial charge is 0.489 e. The van der Waals surface area contributed by atoms with Crippen LogP contribution in [0, 0.1) is 24.4 Å². The van der Waals surface area contributed by atoms with Gasteiger partial charge in [-0.15, -0.1) is 0 Å². The average Bonchev–Trinajstić information content (AvgIpc) is 2.85. The summed E-state index contributed by atoms with van der Waals surface area (Å²) in [6.07, 6.45) is 1.55. The predicted octanol–water partition coefficient (Wildman–Crippen LogP) is 7.89. The third-order valence-corrected chi connectivity index (χ3v) is 5.40. The zero-order valence-corrected chi connectivity index (χ0v) is 18.7. The summed E-state index contributed by atoms with van der Waals surface area (Å²) >= 11 is 0. The minimum atomic E-state index is -0.927. The lowest BCUT2D eigenvalue weighted by atomic mass is 10.0. The van der Waals surface area contributed by atoms with Gasteiger partial charge < -0.3 is 9.47 Å². The quantitative estimate of drug-likeness (QED) is 0.249. The lowest BCUT2D eigenvalue weighted by Crippen LogP contribution is -2.02. The second-order valence-corrected chi connectivity index (χ2v) is 7.82. The van der Waals surface area contributed by atoms with E-state index in [1.54, 1.807) is 60.7 Å². The molecule has 0 bridgehead atoms. The van der Waals surface area contributed by atoms with Gasteiger partial charge in [0.15, 0.2) is 23.2 Å². The molecule has 5 heteroatoms. The van der Waals surface area contributed by atoms with Gasteiger partial charge in [-0.1, -0.05) is 72.8 Å². The molecule has 0 amide bonds. The third kappa shape index (κ3) is 5.15. The van der Waals surface area contributed by atoms with Crippen molar-refractivity contribution in [3.8, 4) is 33.8 Å². The van der Waals surface area contributed by atoms with Crippen LogP contribution in [0.2, 0.25) is 0 Å². The summed E-state index contributed by atoms with van der Waals surface area (Å²) in [6, 6.07) is 22.0. The molecule has 0 aliphatic rings. The maximum absolute atomic E-state index is 14.7. The molecule has 4 rings (SSSR count). The molecule has 0 fully saturated rings. The van der Waals surface area contributed by atoms with Crippen molar-refractivity contribution in [2.24, 2.45) is 0 Å². The summed E-state index contributed by atoms with van der Waals surface area (Å²) in [5, 5.41) is 0. The highest BCUT2D eigenvalue weighted by atomic mass is 19.2. The zero-order valence-electron chi connectivity index (χ0n) is 18.7. The molecule has 0 radical (unpaired) electrons. The second kappa shape index (κ2) is 10.3. The van der Waals surface area contributed by atoms with Crippen molar-refractivity contribution < 1.29 is 22.6 Å². The fourth-order valence-electron chi connectivity index (χ4n) is 3.51. The number of halogens is 3. The standard InChI is InChI=1S/C29H23F3O2/c1-3-16-33-27-15-11-22(17-26(27)30)20-8-12-24(13-9-20)34-18-23-10-14-25(29(32)28(23)31)21-6-4-19(2)5-7-21/h3-15,17H,1,16,18H2,2H3. The summed E-state index contributed by atoms with van der Waals surface area (Å²) in [4.78, 5) is 0. The van der Waals surface area contributed by atoms with Crippen molar-refractivity contribution in [2.45, 2.75) is 13.5 Å². The number of aryl methyl sites for hydroxylation is 1. The first-order valence-corrected chi connectivity index (χ1v) is 10.8. The molecular weight excluding hydrogens is 437 g/mol. The molecular formula is C29H23F3O2. The van der Waals surface area contributed by atoms with Crippen LogP contribution in [-0.4, -0.2) is 6.61 Å². The van der Waals surface area contributed by atoms with Gasteiger partial charge in [0.2, 0.25) is 0 Å². The topological polar surface area (TPSA) is 18.5 Å². The molecule has 0 aromatic heterocycles. The molecule has 0 aliphatic heterocycles. The molecule has 0 aliphatic carbocycles. The average molecular weight is 460 g/mol. The summed E-state index contributed by atoms with van der Waals surface area (Å²) in [7, 11) is 0. The molecule has 0 atom stereocenters. The lowest BCUT2D eigenvalue weighted by molar-refractivity contribution is 0.297. The van der Waals surface area contributed by atoms with Crippen LogP contribution in [0.15, 0.2) is 91.5 Å². The van der Waals surface area contributed by atoms with E-state index >= 15 is 0 Å². The van der Waals surface area contributed by atoms with Crippen molar-refractivity contribution in [3.05, 3.63) is 120 Å². The molecule has 0 saturated heterocycles. The summed E-state index contributed by atoms with van der Waals surface area (Å²) < 4.78 is 54.5. The molecule has 34 heavy (non-hydrogen) atoms. The van der Waals surface area contributed by atoms with Crippen LogP contribution in [0.1, 0.15) is 11.1 Å². The van der Waals surface area contributed by atoms with Crippen LogP contribution >= 0.6 is 0 Å². The molecule has 0 unspecified atom stereocenters. The van der Waals surface area contributed by atoms with Gasteiger partial charge >= 0.3 is 0 Å². The Balaban J connectivity index is 1.44. The molecule has 0 saturated carbocycles. The van der Waals surface area contributed by atoms with E-state index in [1.165, 1.54) is 12.1 Å². The Morgan fingerprint density at radius 3 is 2.09 bits per heavy atom. The van der Waals surface area contributed by atoms with Gasteiger partial charge in [-0.05, 0) is 47.9 Å². The van der Waals surface area contributed by atoms with Gasteiger partial charge in [0.1, 0.15) is 19.0 Å². The first-order chi connectivity index (χ1) is 16.5. The number of ether oxygens (including phenoxy) is 2. The molecule has 4 aromatic carbocycles. The van der Waals surface area contributed by atoms with Crippen molar-refractivity contribution in [1.82, 2.24) is 0 Å². The highest BCUT2D eigenvalue weighted by molar-refractivity contribution is 5.66. The van der Waals surface area contributed by atoms with Gasteiger partial charge in [0.05, 0.1) is 0 Å². The molecule has 0 spiro atoms. The van der Waals surface area contributed by atoms with E-state index in [9.17, 15) is 13.2 Å². The Kier molecular flexibility index (Phi) is 7.02.